The average Bonchev–Trinajstić information content (AvgIpc) is 3.48. The van der Waals surface area contributed by atoms with E-state index in [2.05, 4.69) is 9.97 Å². The second-order valence-corrected chi connectivity index (χ2v) is 10.8. The number of carbonyl (C=O) groups excluding carboxylic acids is 2. The van der Waals surface area contributed by atoms with Crippen molar-refractivity contribution in [3.8, 4) is 0 Å². The van der Waals surface area contributed by atoms with Gasteiger partial charge in [0.25, 0.3) is 17.5 Å². The highest BCUT2D eigenvalue weighted by atomic mass is 32.1. The van der Waals surface area contributed by atoms with E-state index in [1.165, 1.54) is 34.8 Å². The van der Waals surface area contributed by atoms with Gasteiger partial charge >= 0.3 is 0 Å². The number of nitro benzene ring substituents is 1. The van der Waals surface area contributed by atoms with Crippen LogP contribution in [-0.2, 0) is 6.42 Å². The fourth-order valence-corrected chi connectivity index (χ4v) is 6.01. The second kappa shape index (κ2) is 10.6. The number of rotatable bonds is 7. The fourth-order valence-electron chi connectivity index (χ4n) is 4.15. The van der Waals surface area contributed by atoms with Crippen LogP contribution in [0, 0.1) is 24.0 Å². The summed E-state index contributed by atoms with van der Waals surface area (Å²) < 4.78 is 0. The normalized spacial score (nSPS) is 14.2. The predicted octanol–water partition coefficient (Wildman–Crippen LogP) is 4.46. The number of non-ortho nitro benzene ring substituents is 1. The molecule has 4 rings (SSSR count). The molecule has 0 N–H and O–H groups in total. The van der Waals surface area contributed by atoms with Crippen molar-refractivity contribution in [2.75, 3.05) is 26.7 Å². The number of piperidine rings is 1. The summed E-state index contributed by atoms with van der Waals surface area (Å²) in [4.78, 5) is 49.3. The maximum Gasteiger partial charge on any atom is 0.273 e. The van der Waals surface area contributed by atoms with Gasteiger partial charge in [0.15, 0.2) is 0 Å². The number of hydrogen-bond acceptors (Lipinski definition) is 8. The Labute approximate surface area is 211 Å². The molecule has 0 bridgehead atoms. The molecule has 1 aliphatic heterocycles. The Morgan fingerprint density at radius 3 is 2.46 bits per heavy atom. The summed E-state index contributed by atoms with van der Waals surface area (Å²) in [5.41, 5.74) is 2.21. The number of thiazole rings is 2. The van der Waals surface area contributed by atoms with E-state index in [0.29, 0.717) is 31.7 Å². The maximum absolute atomic E-state index is 12.9. The lowest BCUT2D eigenvalue weighted by molar-refractivity contribution is -0.384. The summed E-state index contributed by atoms with van der Waals surface area (Å²) in [5.74, 6) is 0.148. The molecule has 0 spiro atoms. The molecule has 3 aromatic rings. The summed E-state index contributed by atoms with van der Waals surface area (Å²) in [6.45, 7) is 5.60. The number of likely N-dealkylation sites (tertiary alicyclic amines) is 1. The molecule has 184 valence electrons. The van der Waals surface area contributed by atoms with Gasteiger partial charge in [0.2, 0.25) is 0 Å². The van der Waals surface area contributed by atoms with Crippen molar-refractivity contribution < 1.29 is 14.5 Å². The van der Waals surface area contributed by atoms with E-state index in [0.717, 1.165) is 39.0 Å². The third-order valence-electron chi connectivity index (χ3n) is 6.20. The first-order chi connectivity index (χ1) is 16.7. The van der Waals surface area contributed by atoms with E-state index in [1.54, 1.807) is 29.5 Å². The first-order valence-corrected chi connectivity index (χ1v) is 13.1. The lowest BCUT2D eigenvalue weighted by Crippen LogP contribution is -2.37. The van der Waals surface area contributed by atoms with Crippen molar-refractivity contribution in [1.29, 1.82) is 0 Å². The fraction of sp³-hybridized carbons (Fsp3) is 0.417. The van der Waals surface area contributed by atoms with Crippen LogP contribution in [0.3, 0.4) is 0 Å². The zero-order chi connectivity index (χ0) is 25.1. The molecule has 2 aromatic heterocycles. The molecule has 0 aliphatic carbocycles. The van der Waals surface area contributed by atoms with Crippen molar-refractivity contribution in [1.82, 2.24) is 19.8 Å². The summed E-state index contributed by atoms with van der Waals surface area (Å²) in [6, 6.07) is 6.38. The lowest BCUT2D eigenvalue weighted by Gasteiger charge is -2.30. The smallest absolute Gasteiger partial charge is 0.273 e. The SMILES string of the molecule is Cc1nc(C)c(C(=O)N2CCC(c3nc(C(=O)N(C)CCc4ccc([N+](=O)[O-])cc4)cs3)CC2)s1. The van der Waals surface area contributed by atoms with E-state index in [4.69, 9.17) is 0 Å². The van der Waals surface area contributed by atoms with Gasteiger partial charge in [0.05, 0.1) is 20.6 Å². The van der Waals surface area contributed by atoms with Gasteiger partial charge in [-0.1, -0.05) is 12.1 Å². The van der Waals surface area contributed by atoms with Crippen LogP contribution in [0.25, 0.3) is 0 Å². The zero-order valence-corrected chi connectivity index (χ0v) is 21.5. The molecular weight excluding hydrogens is 486 g/mol. The van der Waals surface area contributed by atoms with Gasteiger partial charge in [-0.25, -0.2) is 9.97 Å². The lowest BCUT2D eigenvalue weighted by atomic mass is 9.97. The summed E-state index contributed by atoms with van der Waals surface area (Å²) in [7, 11) is 1.74. The van der Waals surface area contributed by atoms with E-state index in [1.807, 2.05) is 18.7 Å². The Morgan fingerprint density at radius 1 is 1.17 bits per heavy atom. The number of likely N-dealkylation sites (N-methyl/N-ethyl adjacent to an activating group) is 1. The van der Waals surface area contributed by atoms with Gasteiger partial charge in [-0.05, 0) is 38.7 Å². The molecule has 3 heterocycles. The Hall–Kier alpha value is -3.18. The van der Waals surface area contributed by atoms with Gasteiger partial charge in [-0.15, -0.1) is 22.7 Å². The Kier molecular flexibility index (Phi) is 7.56. The number of aromatic nitrogens is 2. The molecule has 0 saturated carbocycles. The number of nitro groups is 1. The molecule has 1 aromatic carbocycles. The van der Waals surface area contributed by atoms with Crippen LogP contribution in [0.4, 0.5) is 5.69 Å². The van der Waals surface area contributed by atoms with Crippen LogP contribution in [0.2, 0.25) is 0 Å². The quantitative estimate of drug-likeness (QED) is 0.341. The van der Waals surface area contributed by atoms with Crippen molar-refractivity contribution in [2.45, 2.75) is 39.0 Å². The Balaban J connectivity index is 1.30. The van der Waals surface area contributed by atoms with E-state index in [9.17, 15) is 19.7 Å². The van der Waals surface area contributed by atoms with Crippen LogP contribution >= 0.6 is 22.7 Å². The first-order valence-electron chi connectivity index (χ1n) is 11.4. The van der Waals surface area contributed by atoms with Gasteiger partial charge in [-0.2, -0.15) is 0 Å². The molecule has 11 heteroatoms. The standard InChI is InChI=1S/C24H27N5O4S2/c1-15-21(35-16(2)25-15)24(31)28-12-9-18(10-13-28)22-26-20(14-34-22)23(30)27(3)11-8-17-4-6-19(7-5-17)29(32)33/h4-7,14,18H,8-13H2,1-3H3. The molecule has 0 radical (unpaired) electrons. The monoisotopic (exact) mass is 513 g/mol. The molecule has 0 unspecified atom stereocenters. The number of benzene rings is 1. The number of carbonyl (C=O) groups is 2. The van der Waals surface area contributed by atoms with Gasteiger partial charge in [0, 0.05) is 50.1 Å². The van der Waals surface area contributed by atoms with Crippen LogP contribution in [-0.4, -0.2) is 63.2 Å². The number of amides is 2. The highest BCUT2D eigenvalue weighted by molar-refractivity contribution is 7.13. The molecule has 9 nitrogen and oxygen atoms in total. The summed E-state index contributed by atoms with van der Waals surface area (Å²) in [6.07, 6.45) is 2.24. The molecule has 2 amide bonds. The van der Waals surface area contributed by atoms with Crippen molar-refractivity contribution in [3.05, 3.63) is 71.6 Å². The van der Waals surface area contributed by atoms with Crippen molar-refractivity contribution in [2.24, 2.45) is 0 Å². The number of hydrogen-bond donors (Lipinski definition) is 0. The Bertz CT molecular complexity index is 1230. The second-order valence-electron chi connectivity index (χ2n) is 8.69. The van der Waals surface area contributed by atoms with Gasteiger partial charge in [0.1, 0.15) is 10.6 Å². The first kappa shape index (κ1) is 24.9. The number of nitrogens with zero attached hydrogens (tertiary/aromatic N) is 5. The minimum absolute atomic E-state index is 0.0520. The molecule has 35 heavy (non-hydrogen) atoms. The van der Waals surface area contributed by atoms with Crippen LogP contribution < -0.4 is 0 Å². The summed E-state index contributed by atoms with van der Waals surface area (Å²) >= 11 is 2.94. The van der Waals surface area contributed by atoms with E-state index < -0.39 is 4.92 Å². The molecular formula is C24H27N5O4S2. The van der Waals surface area contributed by atoms with E-state index in [-0.39, 0.29) is 23.4 Å². The third kappa shape index (κ3) is 5.73. The van der Waals surface area contributed by atoms with E-state index >= 15 is 0 Å². The Morgan fingerprint density at radius 2 is 1.86 bits per heavy atom. The van der Waals surface area contributed by atoms with Gasteiger partial charge in [-0.3, -0.25) is 19.7 Å². The molecule has 0 atom stereocenters. The van der Waals surface area contributed by atoms with Crippen LogP contribution in [0.1, 0.15) is 60.2 Å². The van der Waals surface area contributed by atoms with Crippen molar-refractivity contribution in [3.63, 3.8) is 0 Å². The molecule has 1 fully saturated rings. The summed E-state index contributed by atoms with van der Waals surface area (Å²) in [5, 5.41) is 14.4. The van der Waals surface area contributed by atoms with Crippen molar-refractivity contribution >= 4 is 40.2 Å². The largest absolute Gasteiger partial charge is 0.340 e. The minimum Gasteiger partial charge on any atom is -0.340 e. The van der Waals surface area contributed by atoms with Crippen LogP contribution in [0.15, 0.2) is 29.6 Å². The predicted molar refractivity (Wildman–Crippen MR) is 135 cm³/mol. The average molecular weight is 514 g/mol. The maximum atomic E-state index is 12.9. The number of aryl methyl sites for hydroxylation is 2. The highest BCUT2D eigenvalue weighted by Crippen LogP contribution is 2.32. The molecule has 1 saturated heterocycles. The topological polar surface area (TPSA) is 110 Å². The van der Waals surface area contributed by atoms with Crippen LogP contribution in [0.5, 0.6) is 0 Å². The minimum atomic E-state index is -0.427. The third-order valence-corrected chi connectivity index (χ3v) is 8.27. The zero-order valence-electron chi connectivity index (χ0n) is 19.9. The molecule has 1 aliphatic rings. The van der Waals surface area contributed by atoms with Gasteiger partial charge < -0.3 is 9.80 Å². The highest BCUT2D eigenvalue weighted by Gasteiger charge is 2.29.